The van der Waals surface area contributed by atoms with Gasteiger partial charge in [-0.25, -0.2) is 22.0 Å². The number of nitriles is 1. The van der Waals surface area contributed by atoms with Crippen LogP contribution in [0.1, 0.15) is 58.2 Å². The molecule has 0 spiro atoms. The van der Waals surface area contributed by atoms with E-state index in [1.165, 1.54) is 12.1 Å². The lowest BCUT2D eigenvalue weighted by molar-refractivity contribution is 0.381. The van der Waals surface area contributed by atoms with Gasteiger partial charge in [-0.2, -0.15) is 5.26 Å². The van der Waals surface area contributed by atoms with Gasteiger partial charge in [0.25, 0.3) is 0 Å². The number of hydrogen-bond acceptors (Lipinski definition) is 1. The smallest absolute Gasteiger partial charge is 0.200 e. The highest BCUT2D eigenvalue weighted by Gasteiger charge is 2.30. The molecule has 8 aromatic rings. The number of benzene rings is 6. The summed E-state index contributed by atoms with van der Waals surface area (Å²) in [5, 5.41) is 14.6. The van der Waals surface area contributed by atoms with Crippen molar-refractivity contribution in [2.24, 2.45) is 0 Å². The molecule has 0 radical (unpaired) electrons. The van der Waals surface area contributed by atoms with Crippen LogP contribution in [0.25, 0.3) is 66.1 Å². The molecule has 0 aliphatic rings. The molecule has 2 heterocycles. The number of para-hydroxylation sites is 2. The van der Waals surface area contributed by atoms with E-state index < -0.39 is 34.6 Å². The van der Waals surface area contributed by atoms with Gasteiger partial charge in [0.2, 0.25) is 5.82 Å². The minimum Gasteiger partial charge on any atom is -0.308 e. The van der Waals surface area contributed by atoms with Crippen LogP contribution < -0.4 is 0 Å². The van der Waals surface area contributed by atoms with Crippen LogP contribution >= 0.6 is 0 Å². The molecule has 0 saturated carbocycles. The number of hydrogen-bond donors (Lipinski definition) is 0. The van der Waals surface area contributed by atoms with Crippen molar-refractivity contribution in [2.75, 3.05) is 0 Å². The molecule has 0 amide bonds. The third-order valence-electron chi connectivity index (χ3n) is 10.3. The van der Waals surface area contributed by atoms with E-state index in [1.807, 2.05) is 81.9 Å². The maximum Gasteiger partial charge on any atom is 0.200 e. The minimum absolute atomic E-state index is 0.141. The van der Waals surface area contributed by atoms with Crippen molar-refractivity contribution in [2.45, 2.75) is 52.4 Å². The Hall–Kier alpha value is -5.94. The van der Waals surface area contributed by atoms with Gasteiger partial charge in [0.05, 0.1) is 39.0 Å². The lowest BCUT2D eigenvalue weighted by atomic mass is 9.86. The van der Waals surface area contributed by atoms with E-state index in [-0.39, 0.29) is 33.3 Å². The summed E-state index contributed by atoms with van der Waals surface area (Å²) in [6.45, 7) is 12.6. The van der Waals surface area contributed by atoms with Crippen LogP contribution in [0.4, 0.5) is 22.0 Å². The molecular formula is C45H34F5N3. The number of rotatable bonds is 3. The summed E-state index contributed by atoms with van der Waals surface area (Å²) in [6, 6.07) is 32.3. The summed E-state index contributed by atoms with van der Waals surface area (Å²) < 4.78 is 79.3. The SMILES string of the molecule is CC(C)(C)c1ccc2c(c1)c1ccccc1n2-c1cc(-c2c(F)c(F)c(F)c(F)c2F)cc(-n2c3ccccc3c3cc(C(C)(C)C)ccc32)c1C#N. The number of aromatic nitrogens is 2. The van der Waals surface area contributed by atoms with Crippen LogP contribution in [-0.2, 0) is 10.8 Å². The van der Waals surface area contributed by atoms with Crippen LogP contribution in [0.3, 0.4) is 0 Å². The monoisotopic (exact) mass is 711 g/mol. The number of halogens is 5. The molecular weight excluding hydrogens is 678 g/mol. The van der Waals surface area contributed by atoms with Gasteiger partial charge >= 0.3 is 0 Å². The first kappa shape index (κ1) is 34.2. The van der Waals surface area contributed by atoms with E-state index in [4.69, 9.17) is 0 Å². The topological polar surface area (TPSA) is 33.6 Å². The molecule has 0 fully saturated rings. The lowest BCUT2D eigenvalue weighted by Gasteiger charge is -2.21. The predicted molar refractivity (Wildman–Crippen MR) is 202 cm³/mol. The molecule has 2 aromatic heterocycles. The second kappa shape index (κ2) is 11.8. The average Bonchev–Trinajstić information content (AvgIpc) is 3.64. The summed E-state index contributed by atoms with van der Waals surface area (Å²) in [5.74, 6) is -10.3. The van der Waals surface area contributed by atoms with Crippen LogP contribution in [0.15, 0.2) is 97.1 Å². The maximum atomic E-state index is 15.7. The Balaban J connectivity index is 1.57. The Morgan fingerprint density at radius 2 is 0.849 bits per heavy atom. The van der Waals surface area contributed by atoms with Crippen molar-refractivity contribution in [3.05, 3.63) is 143 Å². The number of fused-ring (bicyclic) bond motifs is 6. The molecule has 0 aliphatic carbocycles. The van der Waals surface area contributed by atoms with E-state index in [1.54, 1.807) is 0 Å². The van der Waals surface area contributed by atoms with Crippen molar-refractivity contribution in [3.63, 3.8) is 0 Å². The predicted octanol–water partition coefficient (Wildman–Crippen LogP) is 12.7. The number of nitrogens with zero attached hydrogens (tertiary/aromatic N) is 3. The van der Waals surface area contributed by atoms with Crippen molar-refractivity contribution in [1.82, 2.24) is 9.13 Å². The Morgan fingerprint density at radius 1 is 0.472 bits per heavy atom. The van der Waals surface area contributed by atoms with Gasteiger partial charge in [-0.15, -0.1) is 0 Å². The molecule has 0 aliphatic heterocycles. The minimum atomic E-state index is -2.24. The van der Waals surface area contributed by atoms with Gasteiger partial charge in [-0.1, -0.05) is 90.1 Å². The van der Waals surface area contributed by atoms with Crippen LogP contribution in [0.5, 0.6) is 0 Å². The summed E-state index contributed by atoms with van der Waals surface area (Å²) in [5.41, 5.74) is 3.79. The third kappa shape index (κ3) is 5.13. The fourth-order valence-electron chi connectivity index (χ4n) is 7.48. The lowest BCUT2D eigenvalue weighted by Crippen LogP contribution is -2.11. The fraction of sp³-hybridized carbons (Fsp3) is 0.178. The molecule has 0 atom stereocenters. The highest BCUT2D eigenvalue weighted by molar-refractivity contribution is 6.11. The zero-order valence-corrected chi connectivity index (χ0v) is 30.0. The van der Waals surface area contributed by atoms with E-state index in [0.717, 1.165) is 32.7 Å². The molecule has 0 bridgehead atoms. The van der Waals surface area contributed by atoms with Crippen LogP contribution in [0, 0.1) is 40.4 Å². The van der Waals surface area contributed by atoms with E-state index in [0.29, 0.717) is 22.1 Å². The second-order valence-electron chi connectivity index (χ2n) is 15.6. The van der Waals surface area contributed by atoms with E-state index >= 15 is 8.78 Å². The average molecular weight is 712 g/mol. The quantitative estimate of drug-likeness (QED) is 0.102. The highest BCUT2D eigenvalue weighted by atomic mass is 19.2. The molecule has 0 N–H and O–H groups in total. The first-order valence-corrected chi connectivity index (χ1v) is 17.3. The molecule has 8 heteroatoms. The summed E-state index contributed by atoms with van der Waals surface area (Å²) in [7, 11) is 0. The summed E-state index contributed by atoms with van der Waals surface area (Å²) in [6.07, 6.45) is 0. The van der Waals surface area contributed by atoms with Gasteiger partial charge in [0, 0.05) is 21.5 Å². The van der Waals surface area contributed by atoms with Crippen molar-refractivity contribution < 1.29 is 22.0 Å². The zero-order valence-electron chi connectivity index (χ0n) is 30.0. The Bertz CT molecular complexity index is 2690. The van der Waals surface area contributed by atoms with Gasteiger partial charge < -0.3 is 9.13 Å². The van der Waals surface area contributed by atoms with Gasteiger partial charge in [0.1, 0.15) is 11.6 Å². The standard InChI is InChI=1S/C45H34F5N3/c1-44(2,3)25-15-17-34-29(21-25)27-11-7-9-13-32(27)52(34)36-19-24(38-39(46)41(48)43(50)42(49)40(38)47)20-37(31(36)23-51)53-33-14-10-8-12-28(33)30-22-26(45(4,5)6)16-18-35(30)53/h7-22H,1-6H3. The highest BCUT2D eigenvalue weighted by Crippen LogP contribution is 2.43. The Kier molecular flexibility index (Phi) is 7.60. The van der Waals surface area contributed by atoms with Crippen molar-refractivity contribution in [1.29, 1.82) is 5.26 Å². The largest absolute Gasteiger partial charge is 0.308 e. The van der Waals surface area contributed by atoms with Crippen molar-refractivity contribution in [3.8, 4) is 28.6 Å². The molecule has 0 saturated heterocycles. The third-order valence-corrected chi connectivity index (χ3v) is 10.3. The maximum absolute atomic E-state index is 15.7. The van der Waals surface area contributed by atoms with Gasteiger partial charge in [-0.3, -0.25) is 0 Å². The molecule has 53 heavy (non-hydrogen) atoms. The van der Waals surface area contributed by atoms with Crippen LogP contribution in [-0.4, -0.2) is 9.13 Å². The summed E-state index contributed by atoms with van der Waals surface area (Å²) >= 11 is 0. The van der Waals surface area contributed by atoms with Crippen LogP contribution in [0.2, 0.25) is 0 Å². The second-order valence-corrected chi connectivity index (χ2v) is 15.6. The van der Waals surface area contributed by atoms with E-state index in [2.05, 4.69) is 59.7 Å². The first-order valence-electron chi connectivity index (χ1n) is 17.3. The Labute approximate surface area is 303 Å². The van der Waals surface area contributed by atoms with E-state index in [9.17, 15) is 18.4 Å². The molecule has 264 valence electrons. The first-order chi connectivity index (χ1) is 25.1. The summed E-state index contributed by atoms with van der Waals surface area (Å²) in [4.78, 5) is 0. The molecule has 0 unspecified atom stereocenters. The fourth-order valence-corrected chi connectivity index (χ4v) is 7.48. The Morgan fingerprint density at radius 3 is 1.25 bits per heavy atom. The molecule has 8 rings (SSSR count). The van der Waals surface area contributed by atoms with Gasteiger partial charge in [0.15, 0.2) is 23.3 Å². The van der Waals surface area contributed by atoms with Gasteiger partial charge in [-0.05, 0) is 76.1 Å². The zero-order chi connectivity index (χ0) is 37.7. The molecule has 3 nitrogen and oxygen atoms in total. The molecule has 6 aromatic carbocycles. The normalized spacial score (nSPS) is 12.4. The van der Waals surface area contributed by atoms with Crippen molar-refractivity contribution >= 4 is 43.6 Å².